The first kappa shape index (κ1) is 15.2. The Morgan fingerprint density at radius 3 is 2.56 bits per heavy atom. The maximum atomic E-state index is 12.2. The van der Waals surface area contributed by atoms with Gasteiger partial charge in [0.2, 0.25) is 5.91 Å². The molecule has 1 aliphatic rings. The maximum absolute atomic E-state index is 12.2. The molecule has 3 unspecified atom stereocenters. The van der Waals surface area contributed by atoms with Crippen LogP contribution in [0.25, 0.3) is 0 Å². The predicted octanol–water partition coefficient (Wildman–Crippen LogP) is 2.50. The van der Waals surface area contributed by atoms with E-state index >= 15 is 0 Å². The molecule has 3 atom stereocenters. The first-order chi connectivity index (χ1) is 8.30. The first-order valence-corrected chi connectivity index (χ1v) is 6.87. The molecule has 0 saturated heterocycles. The average Bonchev–Trinajstić information content (AvgIpc) is 2.76. The van der Waals surface area contributed by atoms with E-state index in [-0.39, 0.29) is 29.9 Å². The quantitative estimate of drug-likeness (QED) is 0.715. The van der Waals surface area contributed by atoms with Crippen LogP contribution < -0.4 is 5.32 Å². The van der Waals surface area contributed by atoms with Gasteiger partial charge in [-0.05, 0) is 44.9 Å². The highest BCUT2D eigenvalue weighted by molar-refractivity contribution is 5.83. The Kier molecular flexibility index (Phi) is 4.97. The highest BCUT2D eigenvalue weighted by Crippen LogP contribution is 2.59. The summed E-state index contributed by atoms with van der Waals surface area (Å²) < 4.78 is 0. The van der Waals surface area contributed by atoms with Crippen LogP contribution in [-0.2, 0) is 4.79 Å². The van der Waals surface area contributed by atoms with Crippen molar-refractivity contribution >= 4 is 5.91 Å². The van der Waals surface area contributed by atoms with E-state index in [1.807, 2.05) is 6.92 Å². The summed E-state index contributed by atoms with van der Waals surface area (Å²) in [4.78, 5) is 12.2. The summed E-state index contributed by atoms with van der Waals surface area (Å²) in [6, 6.07) is 0.147. The van der Waals surface area contributed by atoms with Crippen molar-refractivity contribution in [2.24, 2.45) is 17.3 Å². The van der Waals surface area contributed by atoms with E-state index in [0.29, 0.717) is 5.92 Å². The molecule has 1 aliphatic carbocycles. The summed E-state index contributed by atoms with van der Waals surface area (Å²) in [6.45, 7) is 10.6. The molecule has 1 amide bonds. The van der Waals surface area contributed by atoms with Gasteiger partial charge in [-0.15, -0.1) is 0 Å². The van der Waals surface area contributed by atoms with Gasteiger partial charge in [-0.3, -0.25) is 4.79 Å². The molecule has 18 heavy (non-hydrogen) atoms. The number of amides is 1. The zero-order valence-corrected chi connectivity index (χ0v) is 12.3. The van der Waals surface area contributed by atoms with Gasteiger partial charge in [-0.2, -0.15) is 0 Å². The Morgan fingerprint density at radius 1 is 1.44 bits per heavy atom. The van der Waals surface area contributed by atoms with E-state index in [0.717, 1.165) is 12.8 Å². The number of hydrogen-bond donors (Lipinski definition) is 2. The SMILES string of the molecule is CC(C)=CC1C(C(=O)NC(C)CCCO)C1(C)C. The fourth-order valence-electron chi connectivity index (χ4n) is 2.65. The van der Waals surface area contributed by atoms with Crippen molar-refractivity contribution in [1.82, 2.24) is 5.32 Å². The smallest absolute Gasteiger partial charge is 0.224 e. The van der Waals surface area contributed by atoms with Crippen molar-refractivity contribution < 1.29 is 9.90 Å². The minimum Gasteiger partial charge on any atom is -0.396 e. The van der Waals surface area contributed by atoms with E-state index in [2.05, 4.69) is 39.1 Å². The number of hydrogen-bond acceptors (Lipinski definition) is 2. The lowest BCUT2D eigenvalue weighted by atomic mass is 10.1. The third-order valence-corrected chi connectivity index (χ3v) is 3.89. The Labute approximate surface area is 111 Å². The Bertz CT molecular complexity index is 329. The van der Waals surface area contributed by atoms with Crippen LogP contribution in [0.5, 0.6) is 0 Å². The minimum atomic E-state index is 0.0814. The zero-order chi connectivity index (χ0) is 13.9. The second-order valence-corrected chi connectivity index (χ2v) is 6.34. The highest BCUT2D eigenvalue weighted by Gasteiger charge is 2.60. The largest absolute Gasteiger partial charge is 0.396 e. The summed E-state index contributed by atoms with van der Waals surface area (Å²) in [7, 11) is 0. The van der Waals surface area contributed by atoms with Gasteiger partial charge in [0.25, 0.3) is 0 Å². The van der Waals surface area contributed by atoms with Crippen LogP contribution in [0.4, 0.5) is 0 Å². The van der Waals surface area contributed by atoms with Gasteiger partial charge in [0.15, 0.2) is 0 Å². The Morgan fingerprint density at radius 2 is 2.06 bits per heavy atom. The average molecular weight is 253 g/mol. The zero-order valence-electron chi connectivity index (χ0n) is 12.3. The highest BCUT2D eigenvalue weighted by atomic mass is 16.3. The number of aliphatic hydroxyl groups excluding tert-OH is 1. The summed E-state index contributed by atoms with van der Waals surface area (Å²) in [5.41, 5.74) is 1.36. The molecule has 3 nitrogen and oxygen atoms in total. The van der Waals surface area contributed by atoms with Crippen LogP contribution in [0.15, 0.2) is 11.6 Å². The van der Waals surface area contributed by atoms with Gasteiger partial charge in [0, 0.05) is 12.6 Å². The first-order valence-electron chi connectivity index (χ1n) is 6.87. The molecule has 0 aromatic carbocycles. The molecular formula is C15H27NO2. The molecule has 2 N–H and O–H groups in total. The van der Waals surface area contributed by atoms with Crippen molar-refractivity contribution in [3.63, 3.8) is 0 Å². The van der Waals surface area contributed by atoms with E-state index in [1.165, 1.54) is 5.57 Å². The fraction of sp³-hybridized carbons (Fsp3) is 0.800. The van der Waals surface area contributed by atoms with Crippen molar-refractivity contribution in [3.05, 3.63) is 11.6 Å². The van der Waals surface area contributed by atoms with Crippen molar-refractivity contribution in [1.29, 1.82) is 0 Å². The number of rotatable bonds is 6. The molecule has 0 heterocycles. The van der Waals surface area contributed by atoms with Crippen molar-refractivity contribution in [3.8, 4) is 0 Å². The van der Waals surface area contributed by atoms with E-state index in [4.69, 9.17) is 5.11 Å². The van der Waals surface area contributed by atoms with Gasteiger partial charge >= 0.3 is 0 Å². The maximum Gasteiger partial charge on any atom is 0.224 e. The summed E-state index contributed by atoms with van der Waals surface area (Å²) in [6.07, 6.45) is 3.79. The molecule has 1 fully saturated rings. The van der Waals surface area contributed by atoms with Crippen molar-refractivity contribution in [2.75, 3.05) is 6.61 Å². The Balaban J connectivity index is 2.51. The van der Waals surface area contributed by atoms with E-state index < -0.39 is 0 Å². The van der Waals surface area contributed by atoms with Crippen LogP contribution >= 0.6 is 0 Å². The number of carbonyl (C=O) groups is 1. The van der Waals surface area contributed by atoms with Crippen LogP contribution in [0.3, 0.4) is 0 Å². The monoisotopic (exact) mass is 253 g/mol. The van der Waals surface area contributed by atoms with Crippen LogP contribution in [-0.4, -0.2) is 23.7 Å². The van der Waals surface area contributed by atoms with Gasteiger partial charge in [-0.25, -0.2) is 0 Å². The molecule has 0 aliphatic heterocycles. The molecule has 0 aromatic rings. The molecule has 104 valence electrons. The van der Waals surface area contributed by atoms with Gasteiger partial charge in [0.05, 0.1) is 5.92 Å². The normalized spacial score (nSPS) is 26.3. The second kappa shape index (κ2) is 5.87. The number of carbonyl (C=O) groups excluding carboxylic acids is 1. The van der Waals surface area contributed by atoms with Gasteiger partial charge in [-0.1, -0.05) is 25.5 Å². The third kappa shape index (κ3) is 3.58. The predicted molar refractivity (Wildman–Crippen MR) is 74.1 cm³/mol. The molecule has 3 heteroatoms. The van der Waals surface area contributed by atoms with Crippen LogP contribution in [0, 0.1) is 17.3 Å². The Hall–Kier alpha value is -0.830. The van der Waals surface area contributed by atoms with Gasteiger partial charge < -0.3 is 10.4 Å². The molecule has 1 saturated carbocycles. The molecule has 1 rings (SSSR count). The van der Waals surface area contributed by atoms with Crippen molar-refractivity contribution in [2.45, 2.75) is 53.5 Å². The molecular weight excluding hydrogens is 226 g/mol. The lowest BCUT2D eigenvalue weighted by Crippen LogP contribution is -2.35. The number of nitrogens with one attached hydrogen (secondary N) is 1. The number of allylic oxidation sites excluding steroid dienone is 2. The van der Waals surface area contributed by atoms with Crippen LogP contribution in [0.1, 0.15) is 47.5 Å². The van der Waals surface area contributed by atoms with Crippen LogP contribution in [0.2, 0.25) is 0 Å². The van der Waals surface area contributed by atoms with E-state index in [1.54, 1.807) is 0 Å². The van der Waals surface area contributed by atoms with E-state index in [9.17, 15) is 4.79 Å². The third-order valence-electron chi connectivity index (χ3n) is 3.89. The van der Waals surface area contributed by atoms with Gasteiger partial charge in [0.1, 0.15) is 0 Å². The summed E-state index contributed by atoms with van der Waals surface area (Å²) in [5.74, 6) is 0.629. The lowest BCUT2D eigenvalue weighted by molar-refractivity contribution is -0.123. The minimum absolute atomic E-state index is 0.0814. The fourth-order valence-corrected chi connectivity index (χ4v) is 2.65. The molecule has 0 radical (unpaired) electrons. The topological polar surface area (TPSA) is 49.3 Å². The summed E-state index contributed by atoms with van der Waals surface area (Å²) in [5, 5.41) is 11.8. The second-order valence-electron chi connectivity index (χ2n) is 6.34. The lowest BCUT2D eigenvalue weighted by Gasteiger charge is -2.13. The molecule has 0 spiro atoms. The molecule has 0 bridgehead atoms. The standard InChI is InChI=1S/C15H27NO2/c1-10(2)9-12-13(15(12,4)5)14(18)16-11(3)7-6-8-17/h9,11-13,17H,6-8H2,1-5H3,(H,16,18). The number of aliphatic hydroxyl groups is 1. The molecule has 0 aromatic heterocycles. The summed E-state index contributed by atoms with van der Waals surface area (Å²) >= 11 is 0.